The summed E-state index contributed by atoms with van der Waals surface area (Å²) in [6.07, 6.45) is 1.00. The van der Waals surface area contributed by atoms with E-state index < -0.39 is 5.97 Å². The van der Waals surface area contributed by atoms with Gasteiger partial charge in [0.05, 0.1) is 25.0 Å². The number of hydrogen-bond acceptors (Lipinski definition) is 5. The molecule has 0 spiro atoms. The Balaban J connectivity index is 0.000000668. The number of nitrogens with one attached hydrogen (secondary N) is 2. The van der Waals surface area contributed by atoms with Crippen LogP contribution in [0, 0.1) is 0 Å². The Morgan fingerprint density at radius 2 is 1.81 bits per heavy atom. The van der Waals surface area contributed by atoms with Crippen LogP contribution in [0.3, 0.4) is 0 Å². The fourth-order valence-corrected chi connectivity index (χ4v) is 4.04. The lowest BCUT2D eigenvalue weighted by Crippen LogP contribution is -2.43. The number of nitrogens with zero attached hydrogens (tertiary/aromatic N) is 1. The van der Waals surface area contributed by atoms with Crippen molar-refractivity contribution in [1.82, 2.24) is 10.2 Å². The number of carbonyl (C=O) groups is 2. The van der Waals surface area contributed by atoms with E-state index in [0.29, 0.717) is 30.7 Å². The van der Waals surface area contributed by atoms with Crippen LogP contribution in [0.5, 0.6) is 5.75 Å². The zero-order valence-corrected chi connectivity index (χ0v) is 18.5. The number of hydrogen-bond donors (Lipinski definition) is 3. The number of fused-ring (bicyclic) bond motifs is 1. The Morgan fingerprint density at radius 1 is 1.12 bits per heavy atom. The zero-order chi connectivity index (χ0) is 22.9. The summed E-state index contributed by atoms with van der Waals surface area (Å²) in [4.78, 5) is 23.9. The number of benzene rings is 2. The van der Waals surface area contributed by atoms with Gasteiger partial charge in [0.2, 0.25) is 0 Å². The van der Waals surface area contributed by atoms with Gasteiger partial charge in [-0.25, -0.2) is 4.79 Å². The third-order valence-electron chi connectivity index (χ3n) is 5.36. The largest absolute Gasteiger partial charge is 0.492 e. The van der Waals surface area contributed by atoms with E-state index in [0.717, 1.165) is 26.4 Å². The van der Waals surface area contributed by atoms with Crippen LogP contribution >= 0.6 is 0 Å². The van der Waals surface area contributed by atoms with E-state index in [1.807, 2.05) is 49.4 Å². The molecule has 172 valence electrons. The summed E-state index contributed by atoms with van der Waals surface area (Å²) in [7, 11) is 0. The van der Waals surface area contributed by atoms with Crippen LogP contribution in [-0.2, 0) is 9.53 Å². The predicted molar refractivity (Wildman–Crippen MR) is 122 cm³/mol. The molecule has 2 heterocycles. The molecule has 0 aliphatic carbocycles. The highest BCUT2D eigenvalue weighted by molar-refractivity contribution is 5.91. The van der Waals surface area contributed by atoms with Crippen molar-refractivity contribution >= 4 is 17.7 Å². The molecule has 0 bridgehead atoms. The summed E-state index contributed by atoms with van der Waals surface area (Å²) in [6, 6.07) is 18.1. The summed E-state index contributed by atoms with van der Waals surface area (Å²) < 4.78 is 11.7. The number of para-hydroxylation sites is 2. The average Bonchev–Trinajstić information content (AvgIpc) is 3.17. The fourth-order valence-electron chi connectivity index (χ4n) is 4.04. The van der Waals surface area contributed by atoms with Crippen molar-refractivity contribution in [3.8, 4) is 5.75 Å². The summed E-state index contributed by atoms with van der Waals surface area (Å²) in [5.74, 6) is -0.150. The van der Waals surface area contributed by atoms with Gasteiger partial charge in [0.1, 0.15) is 5.75 Å². The molecule has 2 fully saturated rings. The molecule has 3 atom stereocenters. The maximum atomic E-state index is 12.5. The Bertz CT molecular complexity index is 888. The van der Waals surface area contributed by atoms with E-state index in [2.05, 4.69) is 27.7 Å². The molecule has 0 saturated carbocycles. The van der Waals surface area contributed by atoms with Crippen LogP contribution in [0.2, 0.25) is 0 Å². The lowest BCUT2D eigenvalue weighted by atomic mass is 10.1. The van der Waals surface area contributed by atoms with Crippen molar-refractivity contribution < 1.29 is 24.2 Å². The maximum absolute atomic E-state index is 12.5. The van der Waals surface area contributed by atoms with Gasteiger partial charge in [-0.2, -0.15) is 0 Å². The van der Waals surface area contributed by atoms with Crippen LogP contribution in [0.25, 0.3) is 0 Å². The van der Waals surface area contributed by atoms with E-state index >= 15 is 0 Å². The molecule has 3 N–H and O–H groups in total. The van der Waals surface area contributed by atoms with Crippen molar-refractivity contribution in [1.29, 1.82) is 0 Å². The van der Waals surface area contributed by atoms with Gasteiger partial charge < -0.3 is 25.2 Å². The van der Waals surface area contributed by atoms with E-state index in [1.165, 1.54) is 5.56 Å². The van der Waals surface area contributed by atoms with Crippen molar-refractivity contribution in [2.24, 2.45) is 0 Å². The number of aliphatic carboxylic acids is 1. The SMILES string of the molecule is CC(=O)O.CCOc1ccccc1NC(=O)N[C@@H]1C[C@H]2CO[C@@H](c3ccccc3)CN2C1. The van der Waals surface area contributed by atoms with Gasteiger partial charge >= 0.3 is 6.03 Å². The smallest absolute Gasteiger partial charge is 0.319 e. The highest BCUT2D eigenvalue weighted by Gasteiger charge is 2.38. The van der Waals surface area contributed by atoms with Gasteiger partial charge in [-0.1, -0.05) is 42.5 Å². The molecular weight excluding hydrogens is 410 g/mol. The minimum atomic E-state index is -0.833. The van der Waals surface area contributed by atoms with E-state index in [-0.39, 0.29) is 18.2 Å². The first kappa shape index (κ1) is 23.6. The van der Waals surface area contributed by atoms with Crippen molar-refractivity contribution in [2.75, 3.05) is 31.6 Å². The molecule has 2 aliphatic rings. The van der Waals surface area contributed by atoms with Gasteiger partial charge in [-0.15, -0.1) is 0 Å². The third-order valence-corrected chi connectivity index (χ3v) is 5.36. The molecule has 2 amide bonds. The van der Waals surface area contributed by atoms with E-state index in [1.54, 1.807) is 0 Å². The molecule has 8 nitrogen and oxygen atoms in total. The lowest BCUT2D eigenvalue weighted by Gasteiger charge is -2.35. The molecule has 32 heavy (non-hydrogen) atoms. The molecule has 2 aromatic rings. The minimum Gasteiger partial charge on any atom is -0.492 e. The number of urea groups is 1. The van der Waals surface area contributed by atoms with Crippen LogP contribution in [0.1, 0.15) is 31.9 Å². The number of anilines is 1. The molecular formula is C24H31N3O5. The second-order valence-electron chi connectivity index (χ2n) is 7.82. The molecule has 0 unspecified atom stereocenters. The zero-order valence-electron chi connectivity index (χ0n) is 18.5. The number of carboxylic acid groups (broad SMARTS) is 1. The number of amides is 2. The van der Waals surface area contributed by atoms with Gasteiger partial charge in [0, 0.05) is 32.1 Å². The first-order valence-electron chi connectivity index (χ1n) is 10.9. The monoisotopic (exact) mass is 441 g/mol. The van der Waals surface area contributed by atoms with Crippen molar-refractivity contribution in [3.63, 3.8) is 0 Å². The number of rotatable bonds is 5. The Kier molecular flexibility index (Phi) is 8.47. The summed E-state index contributed by atoms with van der Waals surface area (Å²) in [5.41, 5.74) is 1.90. The topological polar surface area (TPSA) is 100 Å². The number of ether oxygens (including phenoxy) is 2. The summed E-state index contributed by atoms with van der Waals surface area (Å²) in [5, 5.41) is 13.4. The van der Waals surface area contributed by atoms with Crippen LogP contribution in [0.15, 0.2) is 54.6 Å². The van der Waals surface area contributed by atoms with Crippen molar-refractivity contribution in [2.45, 2.75) is 38.5 Å². The number of carbonyl (C=O) groups excluding carboxylic acids is 1. The second kappa shape index (κ2) is 11.5. The average molecular weight is 442 g/mol. The van der Waals surface area contributed by atoms with Crippen LogP contribution < -0.4 is 15.4 Å². The fraction of sp³-hybridized carbons (Fsp3) is 0.417. The van der Waals surface area contributed by atoms with E-state index in [9.17, 15) is 4.79 Å². The van der Waals surface area contributed by atoms with Gasteiger partial charge in [0.25, 0.3) is 5.97 Å². The van der Waals surface area contributed by atoms with Gasteiger partial charge in [0.15, 0.2) is 0 Å². The Hall–Kier alpha value is -3.10. The van der Waals surface area contributed by atoms with E-state index in [4.69, 9.17) is 19.4 Å². The predicted octanol–water partition coefficient (Wildman–Crippen LogP) is 3.51. The molecule has 2 saturated heterocycles. The van der Waals surface area contributed by atoms with Crippen molar-refractivity contribution in [3.05, 3.63) is 60.2 Å². The number of morpholine rings is 1. The minimum absolute atomic E-state index is 0.100. The normalized spacial score (nSPS) is 22.1. The molecule has 8 heteroatoms. The highest BCUT2D eigenvalue weighted by Crippen LogP contribution is 2.30. The molecule has 2 aromatic carbocycles. The lowest BCUT2D eigenvalue weighted by molar-refractivity contribution is -0.134. The molecule has 2 aliphatic heterocycles. The van der Waals surface area contributed by atoms with Gasteiger partial charge in [-0.05, 0) is 31.0 Å². The Labute approximate surface area is 188 Å². The number of carboxylic acids is 1. The first-order chi connectivity index (χ1) is 15.5. The van der Waals surface area contributed by atoms with Gasteiger partial charge in [-0.3, -0.25) is 9.69 Å². The quantitative estimate of drug-likeness (QED) is 0.657. The first-order valence-corrected chi connectivity index (χ1v) is 10.9. The summed E-state index contributed by atoms with van der Waals surface area (Å²) >= 11 is 0. The molecule has 0 radical (unpaired) electrons. The molecule has 0 aromatic heterocycles. The maximum Gasteiger partial charge on any atom is 0.319 e. The molecule has 4 rings (SSSR count). The van der Waals surface area contributed by atoms with Crippen LogP contribution in [0.4, 0.5) is 10.5 Å². The standard InChI is InChI=1S/C22H27N3O3.C2H4O2/c1-2-27-20-11-7-6-10-19(20)24-22(26)23-17-12-18-15-28-21(14-25(18)13-17)16-8-4-3-5-9-16;1-2(3)4/h3-11,17-18,21H,2,12-15H2,1H3,(H2,23,24,26);1H3,(H,3,4)/t17-,18+,21-;/m1./s1. The Morgan fingerprint density at radius 3 is 2.53 bits per heavy atom. The second-order valence-corrected chi connectivity index (χ2v) is 7.82. The highest BCUT2D eigenvalue weighted by atomic mass is 16.5. The summed E-state index contributed by atoms with van der Waals surface area (Å²) in [6.45, 7) is 5.98. The third kappa shape index (κ3) is 6.70. The van der Waals surface area contributed by atoms with Crippen LogP contribution in [-0.4, -0.2) is 60.4 Å².